The molecule has 0 aromatic heterocycles. The van der Waals surface area contributed by atoms with Crippen molar-refractivity contribution in [3.8, 4) is 12.3 Å². The van der Waals surface area contributed by atoms with Crippen LogP contribution in [-0.2, 0) is 0 Å². The highest BCUT2D eigenvalue weighted by Crippen LogP contribution is 2.66. The topological polar surface area (TPSA) is 12.0 Å². The van der Waals surface area contributed by atoms with Crippen LogP contribution in [0.1, 0.15) is 58.3 Å². The smallest absolute Gasteiger partial charge is 0.0130 e. The molecule has 4 saturated carbocycles. The lowest BCUT2D eigenvalue weighted by molar-refractivity contribution is -0.118. The van der Waals surface area contributed by atoms with Gasteiger partial charge in [0.05, 0.1) is 0 Å². The molecule has 3 unspecified atom stereocenters. The van der Waals surface area contributed by atoms with E-state index >= 15 is 0 Å². The van der Waals surface area contributed by atoms with Crippen LogP contribution in [0.2, 0.25) is 0 Å². The first-order valence-electron chi connectivity index (χ1n) is 7.70. The minimum absolute atomic E-state index is 0.574. The van der Waals surface area contributed by atoms with E-state index in [-0.39, 0.29) is 0 Å². The third-order valence-electron chi connectivity index (χ3n) is 6.06. The Labute approximate surface area is 112 Å². The molecule has 4 rings (SSSR count). The van der Waals surface area contributed by atoms with Gasteiger partial charge in [-0.3, -0.25) is 0 Å². The largest absolute Gasteiger partial charge is 0.316 e. The van der Waals surface area contributed by atoms with Crippen molar-refractivity contribution in [1.82, 2.24) is 5.32 Å². The van der Waals surface area contributed by atoms with E-state index in [2.05, 4.69) is 25.2 Å². The molecule has 0 radical (unpaired) electrons. The Hall–Kier alpha value is -0.480. The molecule has 18 heavy (non-hydrogen) atoms. The van der Waals surface area contributed by atoms with E-state index in [0.29, 0.717) is 16.9 Å². The van der Waals surface area contributed by atoms with E-state index in [4.69, 9.17) is 6.42 Å². The monoisotopic (exact) mass is 245 g/mol. The Kier molecular flexibility index (Phi) is 2.98. The maximum absolute atomic E-state index is 5.47. The highest BCUT2D eigenvalue weighted by Gasteiger charge is 2.57. The quantitative estimate of drug-likeness (QED) is 0.746. The van der Waals surface area contributed by atoms with Crippen molar-refractivity contribution < 1.29 is 0 Å². The van der Waals surface area contributed by atoms with Gasteiger partial charge in [-0.1, -0.05) is 6.92 Å². The molecule has 4 fully saturated rings. The fraction of sp³-hybridized carbons (Fsp3) is 0.882. The molecular weight excluding hydrogens is 218 g/mol. The summed E-state index contributed by atoms with van der Waals surface area (Å²) in [7, 11) is 2.14. The average molecular weight is 245 g/mol. The van der Waals surface area contributed by atoms with Gasteiger partial charge in [-0.25, -0.2) is 0 Å². The van der Waals surface area contributed by atoms with Crippen LogP contribution in [0.3, 0.4) is 0 Å². The SMILES string of the molecule is C#CCCC(NC)C12CC3CC(CC(C)(C3)C1)C2. The van der Waals surface area contributed by atoms with Crippen molar-refractivity contribution in [2.75, 3.05) is 7.05 Å². The summed E-state index contributed by atoms with van der Waals surface area (Å²) in [6.07, 6.45) is 16.5. The van der Waals surface area contributed by atoms with E-state index < -0.39 is 0 Å². The average Bonchev–Trinajstić information content (AvgIpc) is 2.26. The second kappa shape index (κ2) is 4.27. The molecule has 0 aromatic carbocycles. The molecular formula is C17H27N. The van der Waals surface area contributed by atoms with Gasteiger partial charge in [0.25, 0.3) is 0 Å². The first-order chi connectivity index (χ1) is 8.59. The van der Waals surface area contributed by atoms with E-state index in [1.807, 2.05) is 0 Å². The summed E-state index contributed by atoms with van der Waals surface area (Å²) in [6.45, 7) is 2.55. The summed E-state index contributed by atoms with van der Waals surface area (Å²) in [5.74, 6) is 4.86. The van der Waals surface area contributed by atoms with Crippen molar-refractivity contribution in [2.24, 2.45) is 22.7 Å². The summed E-state index contributed by atoms with van der Waals surface area (Å²) >= 11 is 0. The standard InChI is InChI=1S/C17H27N/c1-4-5-6-15(18-3)17-10-13-7-14(11-17)9-16(2,8-13)12-17/h1,13-15,18H,5-12H2,2-3H3. The minimum Gasteiger partial charge on any atom is -0.316 e. The van der Waals surface area contributed by atoms with Gasteiger partial charge >= 0.3 is 0 Å². The zero-order valence-corrected chi connectivity index (χ0v) is 12.0. The number of hydrogen-bond donors (Lipinski definition) is 1. The van der Waals surface area contributed by atoms with Crippen LogP contribution in [0.5, 0.6) is 0 Å². The van der Waals surface area contributed by atoms with Crippen molar-refractivity contribution >= 4 is 0 Å². The highest BCUT2D eigenvalue weighted by atomic mass is 14.9. The molecule has 0 amide bonds. The normalized spacial score (nSPS) is 46.9. The summed E-state index contributed by atoms with van der Waals surface area (Å²) < 4.78 is 0. The number of hydrogen-bond acceptors (Lipinski definition) is 1. The lowest BCUT2D eigenvalue weighted by Crippen LogP contribution is -2.58. The van der Waals surface area contributed by atoms with Crippen molar-refractivity contribution in [3.05, 3.63) is 0 Å². The molecule has 3 atom stereocenters. The lowest BCUT2D eigenvalue weighted by Gasteiger charge is -2.63. The summed E-state index contributed by atoms with van der Waals surface area (Å²) in [4.78, 5) is 0. The third-order valence-corrected chi connectivity index (χ3v) is 6.06. The molecule has 4 aliphatic carbocycles. The number of nitrogens with one attached hydrogen (secondary N) is 1. The second-order valence-electron chi connectivity index (χ2n) is 7.72. The first-order valence-corrected chi connectivity index (χ1v) is 7.70. The van der Waals surface area contributed by atoms with Crippen molar-refractivity contribution in [3.63, 3.8) is 0 Å². The van der Waals surface area contributed by atoms with Gasteiger partial charge in [0, 0.05) is 12.5 Å². The Morgan fingerprint density at radius 1 is 1.28 bits per heavy atom. The second-order valence-corrected chi connectivity index (χ2v) is 7.72. The van der Waals surface area contributed by atoms with Crippen molar-refractivity contribution in [2.45, 2.75) is 64.3 Å². The van der Waals surface area contributed by atoms with Crippen LogP contribution in [-0.4, -0.2) is 13.1 Å². The Morgan fingerprint density at radius 3 is 2.44 bits per heavy atom. The highest BCUT2D eigenvalue weighted by molar-refractivity contribution is 5.10. The Morgan fingerprint density at radius 2 is 1.94 bits per heavy atom. The fourth-order valence-corrected chi connectivity index (χ4v) is 6.19. The van der Waals surface area contributed by atoms with Gasteiger partial charge in [-0.15, -0.1) is 12.3 Å². The molecule has 4 aliphatic rings. The predicted molar refractivity (Wildman–Crippen MR) is 76.1 cm³/mol. The molecule has 0 saturated heterocycles. The maximum atomic E-state index is 5.47. The van der Waals surface area contributed by atoms with Crippen LogP contribution in [0.4, 0.5) is 0 Å². The van der Waals surface area contributed by atoms with Crippen LogP contribution in [0.15, 0.2) is 0 Å². The zero-order chi connectivity index (χ0) is 12.8. The van der Waals surface area contributed by atoms with E-state index in [1.165, 1.54) is 44.9 Å². The Bertz CT molecular complexity index is 350. The molecule has 1 N–H and O–H groups in total. The summed E-state index contributed by atoms with van der Waals surface area (Å²) in [5, 5.41) is 3.62. The minimum atomic E-state index is 0.574. The van der Waals surface area contributed by atoms with E-state index in [1.54, 1.807) is 0 Å². The van der Waals surface area contributed by atoms with Gasteiger partial charge in [0.2, 0.25) is 0 Å². The summed E-state index contributed by atoms with van der Waals surface area (Å²) in [5.41, 5.74) is 1.22. The van der Waals surface area contributed by atoms with Gasteiger partial charge in [-0.2, -0.15) is 0 Å². The summed E-state index contributed by atoms with van der Waals surface area (Å²) in [6, 6.07) is 0.652. The van der Waals surface area contributed by atoms with Crippen LogP contribution < -0.4 is 5.32 Å². The van der Waals surface area contributed by atoms with E-state index in [0.717, 1.165) is 18.3 Å². The maximum Gasteiger partial charge on any atom is 0.0130 e. The lowest BCUT2D eigenvalue weighted by atomic mass is 9.43. The molecule has 100 valence electrons. The number of terminal acetylenes is 1. The predicted octanol–water partition coefficient (Wildman–Crippen LogP) is 3.59. The van der Waals surface area contributed by atoms with Gasteiger partial charge < -0.3 is 5.32 Å². The molecule has 4 bridgehead atoms. The van der Waals surface area contributed by atoms with Crippen LogP contribution >= 0.6 is 0 Å². The van der Waals surface area contributed by atoms with Crippen molar-refractivity contribution in [1.29, 1.82) is 0 Å². The Balaban J connectivity index is 1.83. The molecule has 1 nitrogen and oxygen atoms in total. The number of rotatable bonds is 4. The van der Waals surface area contributed by atoms with Gasteiger partial charge in [0.1, 0.15) is 0 Å². The molecule has 0 spiro atoms. The fourth-order valence-electron chi connectivity index (χ4n) is 6.19. The molecule has 0 aliphatic heterocycles. The van der Waals surface area contributed by atoms with Gasteiger partial charge in [-0.05, 0) is 74.7 Å². The molecule has 1 heteroatoms. The first kappa shape index (κ1) is 12.5. The van der Waals surface area contributed by atoms with E-state index in [9.17, 15) is 0 Å². The van der Waals surface area contributed by atoms with Crippen LogP contribution in [0, 0.1) is 35.0 Å². The third kappa shape index (κ3) is 1.90. The van der Waals surface area contributed by atoms with Gasteiger partial charge in [0.15, 0.2) is 0 Å². The zero-order valence-electron chi connectivity index (χ0n) is 12.0. The van der Waals surface area contributed by atoms with Crippen LogP contribution in [0.25, 0.3) is 0 Å². The molecule has 0 aromatic rings. The molecule has 0 heterocycles.